The normalized spacial score (nSPS) is 35.3. The standard InChI is InChI=1S/C14H16/c1-2-11-10-14(11,13-8-9-13)12-6-4-3-5-7-12/h2-7,11,13H,1,8-10H2. The van der Waals surface area contributed by atoms with Crippen molar-refractivity contribution in [2.45, 2.75) is 24.7 Å². The van der Waals surface area contributed by atoms with Gasteiger partial charge in [0.25, 0.3) is 0 Å². The highest BCUT2D eigenvalue weighted by molar-refractivity contribution is 5.38. The van der Waals surface area contributed by atoms with Crippen molar-refractivity contribution in [1.29, 1.82) is 0 Å². The molecule has 2 unspecified atom stereocenters. The van der Waals surface area contributed by atoms with Crippen molar-refractivity contribution in [3.05, 3.63) is 48.6 Å². The monoisotopic (exact) mass is 184 g/mol. The molecule has 1 aromatic carbocycles. The van der Waals surface area contributed by atoms with Crippen LogP contribution in [0.5, 0.6) is 0 Å². The molecule has 0 aliphatic heterocycles. The molecule has 0 bridgehead atoms. The van der Waals surface area contributed by atoms with E-state index in [0.29, 0.717) is 5.41 Å². The molecule has 3 rings (SSSR count). The quantitative estimate of drug-likeness (QED) is 0.630. The van der Waals surface area contributed by atoms with Crippen LogP contribution in [0.1, 0.15) is 24.8 Å². The van der Waals surface area contributed by atoms with Gasteiger partial charge in [0.1, 0.15) is 0 Å². The Morgan fingerprint density at radius 3 is 2.43 bits per heavy atom. The summed E-state index contributed by atoms with van der Waals surface area (Å²) in [4.78, 5) is 0. The van der Waals surface area contributed by atoms with E-state index in [9.17, 15) is 0 Å². The van der Waals surface area contributed by atoms with Crippen LogP contribution in [0.15, 0.2) is 43.0 Å². The summed E-state index contributed by atoms with van der Waals surface area (Å²) in [5, 5.41) is 0. The highest BCUT2D eigenvalue weighted by Crippen LogP contribution is 2.66. The molecule has 0 aromatic heterocycles. The van der Waals surface area contributed by atoms with Crippen molar-refractivity contribution >= 4 is 0 Å². The molecule has 0 saturated heterocycles. The van der Waals surface area contributed by atoms with Crippen LogP contribution in [0.4, 0.5) is 0 Å². The highest BCUT2D eigenvalue weighted by Gasteiger charge is 2.61. The van der Waals surface area contributed by atoms with Gasteiger partial charge in [-0.3, -0.25) is 0 Å². The van der Waals surface area contributed by atoms with Crippen LogP contribution >= 0.6 is 0 Å². The van der Waals surface area contributed by atoms with Crippen LogP contribution in [-0.2, 0) is 5.41 Å². The molecular formula is C14H16. The summed E-state index contributed by atoms with van der Waals surface area (Å²) in [6.07, 6.45) is 6.36. The van der Waals surface area contributed by atoms with Gasteiger partial charge in [-0.2, -0.15) is 0 Å². The molecule has 0 N–H and O–H groups in total. The third-order valence-corrected chi connectivity index (χ3v) is 3.96. The smallest absolute Gasteiger partial charge is 0.00500 e. The fourth-order valence-electron chi connectivity index (χ4n) is 2.98. The molecule has 0 radical (unpaired) electrons. The lowest BCUT2D eigenvalue weighted by Gasteiger charge is -2.16. The first-order chi connectivity index (χ1) is 6.88. The second kappa shape index (κ2) is 2.73. The van der Waals surface area contributed by atoms with Crippen LogP contribution < -0.4 is 0 Å². The average Bonchev–Trinajstić information content (AvgIpc) is 3.12. The fourth-order valence-corrected chi connectivity index (χ4v) is 2.98. The summed E-state index contributed by atoms with van der Waals surface area (Å²) < 4.78 is 0. The Labute approximate surface area is 85.6 Å². The molecule has 2 aliphatic rings. The summed E-state index contributed by atoms with van der Waals surface area (Å²) in [6.45, 7) is 3.95. The Balaban J connectivity index is 1.98. The van der Waals surface area contributed by atoms with E-state index in [4.69, 9.17) is 0 Å². The lowest BCUT2D eigenvalue weighted by Crippen LogP contribution is -2.11. The first kappa shape index (κ1) is 8.28. The maximum Gasteiger partial charge on any atom is 0.00500 e. The molecule has 0 nitrogen and oxygen atoms in total. The van der Waals surface area contributed by atoms with Crippen molar-refractivity contribution < 1.29 is 0 Å². The molecule has 0 heteroatoms. The van der Waals surface area contributed by atoms with E-state index in [-0.39, 0.29) is 0 Å². The Hall–Kier alpha value is -1.04. The van der Waals surface area contributed by atoms with Gasteiger partial charge in [-0.1, -0.05) is 36.4 Å². The Bertz CT molecular complexity index is 348. The largest absolute Gasteiger partial charge is 0.103 e. The zero-order valence-corrected chi connectivity index (χ0v) is 8.45. The van der Waals surface area contributed by atoms with Crippen LogP contribution in [-0.4, -0.2) is 0 Å². The third-order valence-electron chi connectivity index (χ3n) is 3.96. The van der Waals surface area contributed by atoms with Gasteiger partial charge < -0.3 is 0 Å². The number of benzene rings is 1. The van der Waals surface area contributed by atoms with Crippen molar-refractivity contribution in [3.63, 3.8) is 0 Å². The number of hydrogen-bond acceptors (Lipinski definition) is 0. The summed E-state index contributed by atoms with van der Waals surface area (Å²) in [5.41, 5.74) is 2.05. The minimum atomic E-state index is 0.503. The minimum absolute atomic E-state index is 0.503. The summed E-state index contributed by atoms with van der Waals surface area (Å²) in [6, 6.07) is 11.0. The molecule has 2 atom stereocenters. The molecule has 14 heavy (non-hydrogen) atoms. The third kappa shape index (κ3) is 1.00. The first-order valence-corrected chi connectivity index (χ1v) is 5.56. The van der Waals surface area contributed by atoms with Gasteiger partial charge in [0.05, 0.1) is 0 Å². The zero-order valence-electron chi connectivity index (χ0n) is 8.45. The van der Waals surface area contributed by atoms with Gasteiger partial charge in [0.2, 0.25) is 0 Å². The SMILES string of the molecule is C=CC1CC1(c1ccccc1)C1CC1. The lowest BCUT2D eigenvalue weighted by molar-refractivity contribution is 0.567. The van der Waals surface area contributed by atoms with E-state index in [1.165, 1.54) is 19.3 Å². The summed E-state index contributed by atoms with van der Waals surface area (Å²) >= 11 is 0. The summed E-state index contributed by atoms with van der Waals surface area (Å²) in [5.74, 6) is 1.70. The predicted molar refractivity (Wildman–Crippen MR) is 59.1 cm³/mol. The van der Waals surface area contributed by atoms with Crippen molar-refractivity contribution in [1.82, 2.24) is 0 Å². The molecule has 2 aliphatic carbocycles. The Morgan fingerprint density at radius 1 is 1.21 bits per heavy atom. The van der Waals surface area contributed by atoms with Crippen molar-refractivity contribution in [2.75, 3.05) is 0 Å². The predicted octanol–water partition coefficient (Wildman–Crippen LogP) is 3.54. The Morgan fingerprint density at radius 2 is 1.93 bits per heavy atom. The highest BCUT2D eigenvalue weighted by atomic mass is 14.6. The van der Waals surface area contributed by atoms with Gasteiger partial charge in [-0.25, -0.2) is 0 Å². The molecule has 0 spiro atoms. The first-order valence-electron chi connectivity index (χ1n) is 5.56. The van der Waals surface area contributed by atoms with Crippen LogP contribution in [0, 0.1) is 11.8 Å². The number of rotatable bonds is 3. The van der Waals surface area contributed by atoms with Gasteiger partial charge in [0, 0.05) is 5.41 Å². The van der Waals surface area contributed by atoms with Crippen molar-refractivity contribution in [2.24, 2.45) is 11.8 Å². The topological polar surface area (TPSA) is 0 Å². The van der Waals surface area contributed by atoms with E-state index >= 15 is 0 Å². The van der Waals surface area contributed by atoms with Crippen molar-refractivity contribution in [3.8, 4) is 0 Å². The van der Waals surface area contributed by atoms with E-state index < -0.39 is 0 Å². The average molecular weight is 184 g/mol. The second-order valence-corrected chi connectivity index (χ2v) is 4.73. The van der Waals surface area contributed by atoms with Gasteiger partial charge in [0.15, 0.2) is 0 Å². The van der Waals surface area contributed by atoms with Crippen LogP contribution in [0.3, 0.4) is 0 Å². The molecule has 2 fully saturated rings. The molecule has 0 heterocycles. The second-order valence-electron chi connectivity index (χ2n) is 4.73. The van der Waals surface area contributed by atoms with Gasteiger partial charge >= 0.3 is 0 Å². The molecule has 72 valence electrons. The van der Waals surface area contributed by atoms with E-state index in [0.717, 1.165) is 11.8 Å². The fraction of sp³-hybridized carbons (Fsp3) is 0.429. The maximum absolute atomic E-state index is 3.95. The van der Waals surface area contributed by atoms with E-state index in [2.05, 4.69) is 43.0 Å². The maximum atomic E-state index is 3.95. The van der Waals surface area contributed by atoms with E-state index in [1.54, 1.807) is 5.56 Å². The number of hydrogen-bond donors (Lipinski definition) is 0. The van der Waals surface area contributed by atoms with Gasteiger partial charge in [-0.15, -0.1) is 6.58 Å². The molecule has 2 saturated carbocycles. The molecular weight excluding hydrogens is 168 g/mol. The van der Waals surface area contributed by atoms with Gasteiger partial charge in [-0.05, 0) is 36.7 Å². The summed E-state index contributed by atoms with van der Waals surface area (Å²) in [7, 11) is 0. The Kier molecular flexibility index (Phi) is 1.61. The number of allylic oxidation sites excluding steroid dienone is 1. The minimum Gasteiger partial charge on any atom is -0.103 e. The molecule has 0 amide bonds. The zero-order chi connectivity index (χ0) is 9.60. The molecule has 1 aromatic rings. The van der Waals surface area contributed by atoms with Crippen LogP contribution in [0.2, 0.25) is 0 Å². The van der Waals surface area contributed by atoms with E-state index in [1.807, 2.05) is 0 Å². The lowest BCUT2D eigenvalue weighted by atomic mass is 9.88. The van der Waals surface area contributed by atoms with Crippen LogP contribution in [0.25, 0.3) is 0 Å².